The monoisotopic (exact) mass is 219 g/mol. The molecule has 0 radical (unpaired) electrons. The molecule has 86 valence electrons. The van der Waals surface area contributed by atoms with Crippen LogP contribution in [0.4, 0.5) is 0 Å². The van der Waals surface area contributed by atoms with Crippen LogP contribution < -0.4 is 5.32 Å². The third-order valence-corrected chi connectivity index (χ3v) is 2.60. The summed E-state index contributed by atoms with van der Waals surface area (Å²) in [6, 6.07) is 4.07. The van der Waals surface area contributed by atoms with Crippen molar-refractivity contribution in [2.45, 2.75) is 26.9 Å². The van der Waals surface area contributed by atoms with Crippen LogP contribution in [0.5, 0.6) is 0 Å². The van der Waals surface area contributed by atoms with E-state index in [1.807, 2.05) is 24.7 Å². The zero-order valence-electron chi connectivity index (χ0n) is 9.95. The zero-order chi connectivity index (χ0) is 11.5. The molecule has 0 aliphatic rings. The lowest BCUT2D eigenvalue weighted by atomic mass is 10.2. The van der Waals surface area contributed by atoms with E-state index in [2.05, 4.69) is 23.4 Å². The second-order valence-corrected chi connectivity index (χ2v) is 3.98. The van der Waals surface area contributed by atoms with Crippen LogP contribution in [0.1, 0.15) is 22.7 Å². The molecule has 2 aromatic heterocycles. The molecule has 0 saturated carbocycles. The van der Waals surface area contributed by atoms with Gasteiger partial charge in [-0.2, -0.15) is 5.10 Å². The Kier molecular flexibility index (Phi) is 3.10. The van der Waals surface area contributed by atoms with Gasteiger partial charge < -0.3 is 9.73 Å². The maximum absolute atomic E-state index is 5.48. The maximum Gasteiger partial charge on any atom is 0.129 e. The number of aryl methyl sites for hydroxylation is 2. The van der Waals surface area contributed by atoms with Crippen molar-refractivity contribution in [1.29, 1.82) is 0 Å². The Balaban J connectivity index is 2.20. The second kappa shape index (κ2) is 4.53. The summed E-state index contributed by atoms with van der Waals surface area (Å²) in [5.74, 6) is 0.973. The van der Waals surface area contributed by atoms with E-state index in [0.29, 0.717) is 6.54 Å². The first kappa shape index (κ1) is 11.0. The van der Waals surface area contributed by atoms with Gasteiger partial charge in [-0.3, -0.25) is 4.68 Å². The van der Waals surface area contributed by atoms with Gasteiger partial charge in [0.1, 0.15) is 5.76 Å². The van der Waals surface area contributed by atoms with Crippen LogP contribution >= 0.6 is 0 Å². The van der Waals surface area contributed by atoms with Crippen LogP contribution in [0.25, 0.3) is 0 Å². The van der Waals surface area contributed by atoms with Gasteiger partial charge in [-0.05, 0) is 33.0 Å². The Morgan fingerprint density at radius 1 is 1.44 bits per heavy atom. The first-order valence-corrected chi connectivity index (χ1v) is 5.41. The number of nitrogens with zero attached hydrogens (tertiary/aromatic N) is 2. The van der Waals surface area contributed by atoms with Gasteiger partial charge in [0.2, 0.25) is 0 Å². The lowest BCUT2D eigenvalue weighted by Gasteiger charge is -2.04. The highest BCUT2D eigenvalue weighted by molar-refractivity contribution is 5.18. The van der Waals surface area contributed by atoms with E-state index in [1.54, 1.807) is 6.26 Å². The van der Waals surface area contributed by atoms with E-state index in [0.717, 1.165) is 23.7 Å². The molecule has 0 unspecified atom stereocenters. The van der Waals surface area contributed by atoms with Gasteiger partial charge in [-0.15, -0.1) is 0 Å². The van der Waals surface area contributed by atoms with Gasteiger partial charge in [0.15, 0.2) is 0 Å². The van der Waals surface area contributed by atoms with E-state index in [9.17, 15) is 0 Å². The molecule has 4 heteroatoms. The summed E-state index contributed by atoms with van der Waals surface area (Å²) in [6.07, 6.45) is 1.73. The van der Waals surface area contributed by atoms with Crippen LogP contribution in [0, 0.1) is 13.8 Å². The van der Waals surface area contributed by atoms with Gasteiger partial charge in [0, 0.05) is 17.8 Å². The molecule has 16 heavy (non-hydrogen) atoms. The van der Waals surface area contributed by atoms with E-state index >= 15 is 0 Å². The van der Waals surface area contributed by atoms with Crippen LogP contribution in [-0.2, 0) is 13.1 Å². The van der Waals surface area contributed by atoms with Crippen molar-refractivity contribution in [3.05, 3.63) is 41.1 Å². The lowest BCUT2D eigenvalue weighted by molar-refractivity contribution is 0.469. The summed E-state index contributed by atoms with van der Waals surface area (Å²) in [5.41, 5.74) is 3.39. The van der Waals surface area contributed by atoms with Gasteiger partial charge in [-0.1, -0.05) is 0 Å². The Morgan fingerprint density at radius 3 is 2.88 bits per heavy atom. The molecule has 0 atom stereocenters. The summed E-state index contributed by atoms with van der Waals surface area (Å²) in [4.78, 5) is 0. The number of hydrogen-bond acceptors (Lipinski definition) is 3. The highest BCUT2D eigenvalue weighted by Crippen LogP contribution is 2.13. The van der Waals surface area contributed by atoms with E-state index < -0.39 is 0 Å². The third kappa shape index (κ3) is 2.17. The molecule has 2 rings (SSSR count). The minimum absolute atomic E-state index is 0.698. The van der Waals surface area contributed by atoms with Crippen LogP contribution in [0.3, 0.4) is 0 Å². The highest BCUT2D eigenvalue weighted by Gasteiger charge is 2.08. The minimum atomic E-state index is 0.698. The fourth-order valence-electron chi connectivity index (χ4n) is 1.82. The quantitative estimate of drug-likeness (QED) is 0.853. The smallest absolute Gasteiger partial charge is 0.129 e. The van der Waals surface area contributed by atoms with E-state index in [1.165, 1.54) is 5.56 Å². The molecular weight excluding hydrogens is 202 g/mol. The van der Waals surface area contributed by atoms with Gasteiger partial charge in [0.05, 0.1) is 18.5 Å². The summed E-state index contributed by atoms with van der Waals surface area (Å²) in [7, 11) is 1.93. The molecule has 2 aromatic rings. The Bertz CT molecular complexity index is 470. The normalized spacial score (nSPS) is 10.9. The average Bonchev–Trinajstić information content (AvgIpc) is 2.77. The fourth-order valence-corrected chi connectivity index (χ4v) is 1.82. The SMILES string of the molecule is CNCc1ccoc1Cn1nc(C)cc1C. The fraction of sp³-hybridized carbons (Fsp3) is 0.417. The van der Waals surface area contributed by atoms with Gasteiger partial charge in [-0.25, -0.2) is 0 Å². The van der Waals surface area contributed by atoms with Crippen molar-refractivity contribution in [3.8, 4) is 0 Å². The molecule has 0 aromatic carbocycles. The molecule has 0 fully saturated rings. The van der Waals surface area contributed by atoms with Crippen molar-refractivity contribution in [3.63, 3.8) is 0 Å². The summed E-state index contributed by atoms with van der Waals surface area (Å²) in [5, 5.41) is 7.55. The predicted molar refractivity (Wildman–Crippen MR) is 62.3 cm³/mol. The lowest BCUT2D eigenvalue weighted by Crippen LogP contribution is -2.09. The highest BCUT2D eigenvalue weighted by atomic mass is 16.3. The predicted octanol–water partition coefficient (Wildman–Crippen LogP) is 1.86. The van der Waals surface area contributed by atoms with E-state index in [-0.39, 0.29) is 0 Å². The number of rotatable bonds is 4. The number of furan rings is 1. The Hall–Kier alpha value is -1.55. The topological polar surface area (TPSA) is 43.0 Å². The van der Waals surface area contributed by atoms with Crippen molar-refractivity contribution in [1.82, 2.24) is 15.1 Å². The summed E-state index contributed by atoms with van der Waals surface area (Å²) < 4.78 is 7.45. The largest absolute Gasteiger partial charge is 0.467 e. The molecule has 0 saturated heterocycles. The minimum Gasteiger partial charge on any atom is -0.467 e. The molecule has 0 aliphatic carbocycles. The van der Waals surface area contributed by atoms with Crippen molar-refractivity contribution >= 4 is 0 Å². The molecule has 1 N–H and O–H groups in total. The average molecular weight is 219 g/mol. The van der Waals surface area contributed by atoms with Crippen LogP contribution in [-0.4, -0.2) is 16.8 Å². The summed E-state index contributed by atoms with van der Waals surface area (Å²) >= 11 is 0. The standard InChI is InChI=1S/C12H17N3O/c1-9-6-10(2)15(14-9)8-12-11(7-13-3)4-5-16-12/h4-6,13H,7-8H2,1-3H3. The first-order valence-electron chi connectivity index (χ1n) is 5.41. The number of nitrogens with one attached hydrogen (secondary N) is 1. The Labute approximate surface area is 95.3 Å². The number of aromatic nitrogens is 2. The maximum atomic E-state index is 5.48. The molecule has 4 nitrogen and oxygen atoms in total. The molecule has 0 bridgehead atoms. The van der Waals surface area contributed by atoms with Crippen molar-refractivity contribution in [2.75, 3.05) is 7.05 Å². The molecule has 0 aliphatic heterocycles. The van der Waals surface area contributed by atoms with Crippen LogP contribution in [0.15, 0.2) is 22.8 Å². The van der Waals surface area contributed by atoms with E-state index in [4.69, 9.17) is 4.42 Å². The third-order valence-electron chi connectivity index (χ3n) is 2.60. The number of hydrogen-bond donors (Lipinski definition) is 1. The van der Waals surface area contributed by atoms with Crippen LogP contribution in [0.2, 0.25) is 0 Å². The van der Waals surface area contributed by atoms with Crippen molar-refractivity contribution < 1.29 is 4.42 Å². The zero-order valence-corrected chi connectivity index (χ0v) is 9.95. The summed E-state index contributed by atoms with van der Waals surface area (Å²) in [6.45, 7) is 5.58. The Morgan fingerprint density at radius 2 is 2.25 bits per heavy atom. The molecule has 2 heterocycles. The molecular formula is C12H17N3O. The second-order valence-electron chi connectivity index (χ2n) is 3.98. The first-order chi connectivity index (χ1) is 7.70. The van der Waals surface area contributed by atoms with Crippen molar-refractivity contribution in [2.24, 2.45) is 0 Å². The molecule has 0 spiro atoms. The van der Waals surface area contributed by atoms with Gasteiger partial charge >= 0.3 is 0 Å². The van der Waals surface area contributed by atoms with Gasteiger partial charge in [0.25, 0.3) is 0 Å². The molecule has 0 amide bonds.